The molecule has 0 aliphatic carbocycles. The first-order valence-corrected chi connectivity index (χ1v) is 6.85. The summed E-state index contributed by atoms with van der Waals surface area (Å²) in [6.07, 6.45) is -1.11. The van der Waals surface area contributed by atoms with Crippen molar-refractivity contribution in [2.75, 3.05) is 0 Å². The predicted octanol–water partition coefficient (Wildman–Crippen LogP) is 0.958. The van der Waals surface area contributed by atoms with Crippen LogP contribution in [0.25, 0.3) is 0 Å². The quantitative estimate of drug-likeness (QED) is 0.703. The molecule has 0 radical (unpaired) electrons. The molecule has 1 aromatic rings. The maximum Gasteiger partial charge on any atom is 0.338 e. The second-order valence-electron chi connectivity index (χ2n) is 5.02. The van der Waals surface area contributed by atoms with Gasteiger partial charge < -0.3 is 15.2 Å². The maximum absolute atomic E-state index is 11.9. The SMILES string of the molecule is CC(C)NC(=O)NC(=O)[C@H](C)OC(=O)c1ccc(CO)cc1. The van der Waals surface area contributed by atoms with E-state index in [9.17, 15) is 14.4 Å². The van der Waals surface area contributed by atoms with E-state index in [1.54, 1.807) is 26.0 Å². The van der Waals surface area contributed by atoms with E-state index in [1.807, 2.05) is 0 Å². The molecular formula is C15H20N2O5. The Morgan fingerprint density at radius 2 is 1.73 bits per heavy atom. The van der Waals surface area contributed by atoms with Gasteiger partial charge in [0.05, 0.1) is 12.2 Å². The monoisotopic (exact) mass is 308 g/mol. The Morgan fingerprint density at radius 3 is 2.23 bits per heavy atom. The minimum Gasteiger partial charge on any atom is -0.449 e. The smallest absolute Gasteiger partial charge is 0.338 e. The highest BCUT2D eigenvalue weighted by Crippen LogP contribution is 2.07. The fourth-order valence-corrected chi connectivity index (χ4v) is 1.54. The van der Waals surface area contributed by atoms with Crippen LogP contribution in [0.15, 0.2) is 24.3 Å². The molecule has 1 rings (SSSR count). The average molecular weight is 308 g/mol. The first kappa shape index (κ1) is 17.6. The Morgan fingerprint density at radius 1 is 1.14 bits per heavy atom. The van der Waals surface area contributed by atoms with Gasteiger partial charge in [-0.2, -0.15) is 0 Å². The molecule has 0 aliphatic rings. The summed E-state index contributed by atoms with van der Waals surface area (Å²) in [4.78, 5) is 35.0. The van der Waals surface area contributed by atoms with Crippen LogP contribution in [0, 0.1) is 0 Å². The van der Waals surface area contributed by atoms with Crippen molar-refractivity contribution < 1.29 is 24.2 Å². The molecule has 1 aromatic carbocycles. The van der Waals surface area contributed by atoms with Gasteiger partial charge in [-0.1, -0.05) is 12.1 Å². The highest BCUT2D eigenvalue weighted by molar-refractivity contribution is 5.98. The zero-order chi connectivity index (χ0) is 16.7. The van der Waals surface area contributed by atoms with Crippen LogP contribution >= 0.6 is 0 Å². The third-order valence-electron chi connectivity index (χ3n) is 2.68. The van der Waals surface area contributed by atoms with Crippen molar-refractivity contribution in [3.63, 3.8) is 0 Å². The summed E-state index contributed by atoms with van der Waals surface area (Å²) in [6.45, 7) is 4.75. The van der Waals surface area contributed by atoms with E-state index in [4.69, 9.17) is 9.84 Å². The molecule has 0 spiro atoms. The number of aliphatic hydroxyl groups excluding tert-OH is 1. The van der Waals surface area contributed by atoms with E-state index in [0.717, 1.165) is 0 Å². The number of esters is 1. The number of rotatable bonds is 5. The number of nitrogens with one attached hydrogen (secondary N) is 2. The van der Waals surface area contributed by atoms with Gasteiger partial charge in [0.2, 0.25) is 0 Å². The topological polar surface area (TPSA) is 105 Å². The Balaban J connectivity index is 2.55. The van der Waals surface area contributed by atoms with Gasteiger partial charge in [-0.05, 0) is 38.5 Å². The molecule has 0 bridgehead atoms. The van der Waals surface area contributed by atoms with Crippen molar-refractivity contribution in [3.05, 3.63) is 35.4 Å². The van der Waals surface area contributed by atoms with Crippen LogP contribution in [-0.2, 0) is 16.1 Å². The minimum atomic E-state index is -1.11. The van der Waals surface area contributed by atoms with Gasteiger partial charge in [0.15, 0.2) is 6.10 Å². The molecule has 0 saturated carbocycles. The molecule has 7 nitrogen and oxygen atoms in total. The van der Waals surface area contributed by atoms with Gasteiger partial charge >= 0.3 is 12.0 Å². The molecule has 0 heterocycles. The van der Waals surface area contributed by atoms with Crippen molar-refractivity contribution >= 4 is 17.9 Å². The third-order valence-corrected chi connectivity index (χ3v) is 2.68. The molecular weight excluding hydrogens is 288 g/mol. The van der Waals surface area contributed by atoms with Gasteiger partial charge in [-0.3, -0.25) is 10.1 Å². The Bertz CT molecular complexity index is 539. The Hall–Kier alpha value is -2.41. The molecule has 1 atom stereocenters. The number of amides is 3. The largest absolute Gasteiger partial charge is 0.449 e. The summed E-state index contributed by atoms with van der Waals surface area (Å²) in [5, 5.41) is 13.5. The first-order chi connectivity index (χ1) is 10.3. The van der Waals surface area contributed by atoms with Gasteiger partial charge in [0.1, 0.15) is 0 Å². The summed E-state index contributed by atoms with van der Waals surface area (Å²) in [6, 6.07) is 5.38. The van der Waals surface area contributed by atoms with Crippen molar-refractivity contribution in [2.45, 2.75) is 39.5 Å². The van der Waals surface area contributed by atoms with E-state index < -0.39 is 24.0 Å². The molecule has 3 amide bonds. The lowest BCUT2D eigenvalue weighted by Crippen LogP contribution is -2.46. The second kappa shape index (κ2) is 8.14. The molecule has 0 aliphatic heterocycles. The molecule has 22 heavy (non-hydrogen) atoms. The van der Waals surface area contributed by atoms with Gasteiger partial charge in [-0.15, -0.1) is 0 Å². The summed E-state index contributed by atoms with van der Waals surface area (Å²) in [5.74, 6) is -1.39. The molecule has 0 saturated heterocycles. The Labute approximate surface area is 128 Å². The number of hydrogen-bond donors (Lipinski definition) is 3. The van der Waals surface area contributed by atoms with Crippen LogP contribution in [0.1, 0.15) is 36.7 Å². The van der Waals surface area contributed by atoms with Crippen LogP contribution in [-0.4, -0.2) is 35.2 Å². The van der Waals surface area contributed by atoms with E-state index >= 15 is 0 Å². The lowest BCUT2D eigenvalue weighted by atomic mass is 10.1. The number of imide groups is 1. The lowest BCUT2D eigenvalue weighted by molar-refractivity contribution is -0.127. The molecule has 0 unspecified atom stereocenters. The number of hydrogen-bond acceptors (Lipinski definition) is 5. The Kier molecular flexibility index (Phi) is 6.52. The van der Waals surface area contributed by atoms with Crippen LogP contribution in [0.5, 0.6) is 0 Å². The van der Waals surface area contributed by atoms with Gasteiger partial charge in [-0.25, -0.2) is 9.59 Å². The zero-order valence-corrected chi connectivity index (χ0v) is 12.8. The molecule has 120 valence electrons. The maximum atomic E-state index is 11.9. The normalized spacial score (nSPS) is 11.7. The number of carbonyl (C=O) groups excluding carboxylic acids is 3. The molecule has 7 heteroatoms. The van der Waals surface area contributed by atoms with Crippen LogP contribution in [0.3, 0.4) is 0 Å². The van der Waals surface area contributed by atoms with E-state index in [2.05, 4.69) is 10.6 Å². The standard InChI is InChI=1S/C15H20N2O5/c1-9(2)16-15(21)17-13(19)10(3)22-14(20)12-6-4-11(8-18)5-7-12/h4-7,9-10,18H,8H2,1-3H3,(H2,16,17,19,21)/t10-/m0/s1. The van der Waals surface area contributed by atoms with Gasteiger partial charge in [0, 0.05) is 6.04 Å². The van der Waals surface area contributed by atoms with Crippen LogP contribution in [0.4, 0.5) is 4.79 Å². The first-order valence-electron chi connectivity index (χ1n) is 6.85. The van der Waals surface area contributed by atoms with E-state index in [0.29, 0.717) is 5.56 Å². The number of aliphatic hydroxyl groups is 1. The van der Waals surface area contributed by atoms with Crippen molar-refractivity contribution in [2.24, 2.45) is 0 Å². The average Bonchev–Trinajstić information content (AvgIpc) is 2.46. The summed E-state index contributed by atoms with van der Waals surface area (Å²) < 4.78 is 4.98. The predicted molar refractivity (Wildman–Crippen MR) is 79.1 cm³/mol. The van der Waals surface area contributed by atoms with Crippen molar-refractivity contribution in [1.82, 2.24) is 10.6 Å². The molecule has 3 N–H and O–H groups in total. The third kappa shape index (κ3) is 5.53. The van der Waals surface area contributed by atoms with E-state index in [-0.39, 0.29) is 18.2 Å². The van der Waals surface area contributed by atoms with Crippen molar-refractivity contribution in [1.29, 1.82) is 0 Å². The summed E-state index contributed by atoms with van der Waals surface area (Å²) in [5.41, 5.74) is 0.913. The van der Waals surface area contributed by atoms with Crippen molar-refractivity contribution in [3.8, 4) is 0 Å². The van der Waals surface area contributed by atoms with Crippen LogP contribution < -0.4 is 10.6 Å². The molecule has 0 aromatic heterocycles. The highest BCUT2D eigenvalue weighted by atomic mass is 16.5. The number of ether oxygens (including phenoxy) is 1. The highest BCUT2D eigenvalue weighted by Gasteiger charge is 2.20. The zero-order valence-electron chi connectivity index (χ0n) is 12.8. The van der Waals surface area contributed by atoms with E-state index in [1.165, 1.54) is 19.1 Å². The molecule has 0 fully saturated rings. The number of carbonyl (C=O) groups is 3. The van der Waals surface area contributed by atoms with Gasteiger partial charge in [0.25, 0.3) is 5.91 Å². The number of urea groups is 1. The van der Waals surface area contributed by atoms with Crippen LogP contribution in [0.2, 0.25) is 0 Å². The fourth-order valence-electron chi connectivity index (χ4n) is 1.54. The second-order valence-corrected chi connectivity index (χ2v) is 5.02. The minimum absolute atomic E-state index is 0.115. The summed E-state index contributed by atoms with van der Waals surface area (Å²) >= 11 is 0. The fraction of sp³-hybridized carbons (Fsp3) is 0.400. The summed E-state index contributed by atoms with van der Waals surface area (Å²) in [7, 11) is 0. The number of benzene rings is 1. The lowest BCUT2D eigenvalue weighted by Gasteiger charge is -2.14.